The lowest BCUT2D eigenvalue weighted by molar-refractivity contribution is 0.338. The summed E-state index contributed by atoms with van der Waals surface area (Å²) < 4.78 is 40.4. The number of thioether (sulfide) groups is 1. The SMILES string of the molecule is CCN1c2ccccc2SC1Cl.OB(O)F.OB(O)F.OB(O)F.OB(O)F. The molecule has 0 radical (unpaired) electrons. The Morgan fingerprint density at radius 3 is 1.50 bits per heavy atom. The number of fused-ring (bicyclic) bond motifs is 1. The highest BCUT2D eigenvalue weighted by Gasteiger charge is 2.26. The van der Waals surface area contributed by atoms with Crippen LogP contribution in [0.1, 0.15) is 6.92 Å². The smallest absolute Gasteiger partial charge is 0.398 e. The highest BCUT2D eigenvalue weighted by atomic mass is 35.5. The van der Waals surface area contributed by atoms with Gasteiger partial charge >= 0.3 is 29.6 Å². The van der Waals surface area contributed by atoms with Gasteiger partial charge in [0.15, 0.2) is 4.83 Å². The van der Waals surface area contributed by atoms with E-state index in [1.165, 1.54) is 10.6 Å². The molecule has 1 unspecified atom stereocenters. The largest absolute Gasteiger partial charge is 0.674 e. The zero-order chi connectivity index (χ0) is 22.9. The van der Waals surface area contributed by atoms with Gasteiger partial charge < -0.3 is 45.1 Å². The molecule has 0 saturated heterocycles. The zero-order valence-corrected chi connectivity index (χ0v) is 15.8. The zero-order valence-electron chi connectivity index (χ0n) is 14.2. The topological polar surface area (TPSA) is 165 Å². The van der Waals surface area contributed by atoms with Crippen molar-refractivity contribution in [2.24, 2.45) is 0 Å². The Hall–Kier alpha value is -0.680. The Morgan fingerprint density at radius 1 is 0.857 bits per heavy atom. The maximum absolute atomic E-state index is 10.1. The molecule has 1 aliphatic heterocycles. The maximum Gasteiger partial charge on any atom is 0.674 e. The molecule has 0 spiro atoms. The minimum atomic E-state index is -2.67. The van der Waals surface area contributed by atoms with Crippen molar-refractivity contribution in [2.45, 2.75) is 16.7 Å². The van der Waals surface area contributed by atoms with Gasteiger partial charge in [0.2, 0.25) is 0 Å². The Balaban J connectivity index is -0.000000328. The Labute approximate surface area is 169 Å². The first kappa shape index (κ1) is 32.0. The minimum absolute atomic E-state index is 0.0763. The van der Waals surface area contributed by atoms with E-state index >= 15 is 0 Å². The monoisotopic (exact) mass is 455 g/mol. The lowest BCUT2D eigenvalue weighted by atomic mass is 10.3. The third-order valence-corrected chi connectivity index (χ3v) is 3.54. The average Bonchev–Trinajstić information content (AvgIpc) is 2.79. The molecular formula is C9H18B4ClF4NO8S. The van der Waals surface area contributed by atoms with Gasteiger partial charge in [-0.05, 0) is 19.1 Å². The molecule has 0 aliphatic carbocycles. The van der Waals surface area contributed by atoms with E-state index in [1.54, 1.807) is 11.8 Å². The summed E-state index contributed by atoms with van der Waals surface area (Å²) in [5, 5.41) is 55.6. The highest BCUT2D eigenvalue weighted by molar-refractivity contribution is 8.01. The van der Waals surface area contributed by atoms with E-state index in [2.05, 4.69) is 36.1 Å². The van der Waals surface area contributed by atoms with Gasteiger partial charge in [0, 0.05) is 11.4 Å². The second-order valence-electron chi connectivity index (χ2n) is 3.91. The van der Waals surface area contributed by atoms with Crippen LogP contribution in [0, 0.1) is 0 Å². The molecule has 0 aromatic heterocycles. The molecule has 0 amide bonds. The van der Waals surface area contributed by atoms with Crippen LogP contribution in [0.5, 0.6) is 0 Å². The predicted octanol–water partition coefficient (Wildman–Crippen LogP) is -1.16. The van der Waals surface area contributed by atoms with Crippen molar-refractivity contribution in [3.05, 3.63) is 24.3 Å². The van der Waals surface area contributed by atoms with Crippen LogP contribution in [0.3, 0.4) is 0 Å². The highest BCUT2D eigenvalue weighted by Crippen LogP contribution is 2.44. The molecule has 1 aromatic carbocycles. The first-order chi connectivity index (χ1) is 12.8. The van der Waals surface area contributed by atoms with E-state index in [1.807, 2.05) is 0 Å². The summed E-state index contributed by atoms with van der Waals surface area (Å²) in [6, 6.07) is 8.34. The second-order valence-corrected chi connectivity index (χ2v) is 5.70. The molecule has 1 aliphatic rings. The molecule has 2 rings (SSSR count). The standard InChI is InChI=1S/C9H10ClNS.4BFH2O2/c1-2-11-7-5-3-4-6-8(7)12-9(11)10;4*2-1(3)4/h3-6,9H,2H2,1H3;4*3-4H. The number of hydrogen-bond donors (Lipinski definition) is 8. The molecule has 1 aromatic rings. The summed E-state index contributed by atoms with van der Waals surface area (Å²) in [6.45, 7) is 3.09. The predicted molar refractivity (Wildman–Crippen MR) is 100 cm³/mol. The summed E-state index contributed by atoms with van der Waals surface area (Å²) in [6.07, 6.45) is 0. The molecule has 0 saturated carbocycles. The van der Waals surface area contributed by atoms with Crippen molar-refractivity contribution in [1.82, 2.24) is 0 Å². The summed E-state index contributed by atoms with van der Waals surface area (Å²) in [5.41, 5.74) is 1.27. The minimum Gasteiger partial charge on any atom is -0.398 e. The van der Waals surface area contributed by atoms with Crippen LogP contribution in [-0.4, -0.2) is 81.2 Å². The fourth-order valence-electron chi connectivity index (χ4n) is 1.39. The Bertz CT molecular complexity index is 456. The number of benzene rings is 1. The van der Waals surface area contributed by atoms with Crippen molar-refractivity contribution in [3.8, 4) is 0 Å². The molecule has 19 heteroatoms. The molecule has 9 nitrogen and oxygen atoms in total. The van der Waals surface area contributed by atoms with Crippen molar-refractivity contribution in [2.75, 3.05) is 11.4 Å². The molecule has 0 bridgehead atoms. The van der Waals surface area contributed by atoms with Gasteiger partial charge in [-0.15, -0.1) is 0 Å². The quantitative estimate of drug-likeness (QED) is 0.112. The van der Waals surface area contributed by atoms with Gasteiger partial charge in [0.05, 0.1) is 5.69 Å². The number of halogens is 5. The number of alkyl halides is 1. The lowest BCUT2D eigenvalue weighted by Gasteiger charge is -2.19. The Kier molecular flexibility index (Phi) is 22.4. The summed E-state index contributed by atoms with van der Waals surface area (Å²) >= 11 is 7.85. The van der Waals surface area contributed by atoms with Crippen molar-refractivity contribution < 1.29 is 57.5 Å². The normalized spacial score (nSPS) is 12.9. The van der Waals surface area contributed by atoms with Crippen LogP contribution < -0.4 is 4.90 Å². The average molecular weight is 455 g/mol. The van der Waals surface area contributed by atoms with Crippen LogP contribution in [0.2, 0.25) is 0 Å². The number of hydrogen-bond acceptors (Lipinski definition) is 10. The van der Waals surface area contributed by atoms with Crippen molar-refractivity contribution in [1.29, 1.82) is 0 Å². The van der Waals surface area contributed by atoms with E-state index in [0.717, 1.165) is 6.54 Å². The number of anilines is 1. The summed E-state index contributed by atoms with van der Waals surface area (Å²) in [4.78, 5) is 3.56. The maximum atomic E-state index is 10.1. The van der Waals surface area contributed by atoms with Crippen LogP contribution in [0.25, 0.3) is 0 Å². The van der Waals surface area contributed by atoms with E-state index < -0.39 is 29.6 Å². The van der Waals surface area contributed by atoms with Gasteiger partial charge in [0.25, 0.3) is 0 Å². The van der Waals surface area contributed by atoms with Gasteiger partial charge in [-0.2, -0.15) is 0 Å². The first-order valence-electron chi connectivity index (χ1n) is 6.93. The van der Waals surface area contributed by atoms with Gasteiger partial charge in [-0.1, -0.05) is 35.5 Å². The molecule has 8 N–H and O–H groups in total. The second kappa shape index (κ2) is 19.6. The molecular weight excluding hydrogens is 437 g/mol. The van der Waals surface area contributed by atoms with Crippen LogP contribution in [0.15, 0.2) is 29.2 Å². The van der Waals surface area contributed by atoms with Crippen LogP contribution >= 0.6 is 23.4 Å². The summed E-state index contributed by atoms with van der Waals surface area (Å²) in [5.74, 6) is 0. The molecule has 160 valence electrons. The molecule has 1 heterocycles. The number of para-hydroxylation sites is 1. The first-order valence-corrected chi connectivity index (χ1v) is 8.25. The van der Waals surface area contributed by atoms with Crippen molar-refractivity contribution >= 4 is 58.6 Å². The number of nitrogens with zero attached hydrogens (tertiary/aromatic N) is 1. The van der Waals surface area contributed by atoms with E-state index in [-0.39, 0.29) is 4.83 Å². The Morgan fingerprint density at radius 2 is 1.18 bits per heavy atom. The van der Waals surface area contributed by atoms with E-state index in [4.69, 9.17) is 51.8 Å². The molecule has 0 fully saturated rings. The molecule has 1 atom stereocenters. The van der Waals surface area contributed by atoms with E-state index in [0.29, 0.717) is 0 Å². The van der Waals surface area contributed by atoms with E-state index in [9.17, 15) is 17.3 Å². The fraction of sp³-hybridized carbons (Fsp3) is 0.333. The third kappa shape index (κ3) is 25.3. The molecule has 28 heavy (non-hydrogen) atoms. The fourth-order valence-corrected chi connectivity index (χ4v) is 2.98. The van der Waals surface area contributed by atoms with Gasteiger partial charge in [-0.3, -0.25) is 17.3 Å². The summed E-state index contributed by atoms with van der Waals surface area (Å²) in [7, 11) is -10.7. The van der Waals surface area contributed by atoms with Crippen LogP contribution in [-0.2, 0) is 0 Å². The van der Waals surface area contributed by atoms with Crippen molar-refractivity contribution in [3.63, 3.8) is 0 Å². The third-order valence-electron chi connectivity index (χ3n) is 1.98. The van der Waals surface area contributed by atoms with Gasteiger partial charge in [0.1, 0.15) is 0 Å². The van der Waals surface area contributed by atoms with Gasteiger partial charge in [-0.25, -0.2) is 0 Å². The number of rotatable bonds is 1. The van der Waals surface area contributed by atoms with Crippen LogP contribution in [0.4, 0.5) is 23.0 Å². The lowest BCUT2D eigenvalue weighted by Crippen LogP contribution is -2.24.